The van der Waals surface area contributed by atoms with Crippen molar-refractivity contribution < 1.29 is 23.8 Å². The maximum absolute atomic E-state index is 12.7. The zero-order valence-corrected chi connectivity index (χ0v) is 8.96. The number of carboxylic acids is 1. The minimum atomic E-state index is -1.20. The molecule has 2 atom stereocenters. The standard InChI is InChI=1S/C11H10FNO4/c1-6-9(10(14)15)17-11(16)13(6)8-4-2-7(12)3-5-8/h2-6,9H,1H3,(H,14,15). The molecular weight excluding hydrogens is 229 g/mol. The molecule has 0 spiro atoms. The second-order valence-electron chi connectivity index (χ2n) is 3.73. The topological polar surface area (TPSA) is 66.8 Å². The minimum absolute atomic E-state index is 0.410. The van der Waals surface area contributed by atoms with Crippen LogP contribution in [0.4, 0.5) is 14.9 Å². The molecule has 1 amide bonds. The zero-order chi connectivity index (χ0) is 12.6. The van der Waals surface area contributed by atoms with E-state index in [-0.39, 0.29) is 0 Å². The first-order valence-electron chi connectivity index (χ1n) is 4.99. The molecule has 1 aromatic carbocycles. The molecule has 1 heterocycles. The third-order valence-corrected chi connectivity index (χ3v) is 2.62. The highest BCUT2D eigenvalue weighted by Gasteiger charge is 2.43. The van der Waals surface area contributed by atoms with Crippen molar-refractivity contribution in [1.82, 2.24) is 0 Å². The van der Waals surface area contributed by atoms with Crippen LogP contribution in [0.3, 0.4) is 0 Å². The SMILES string of the molecule is CC1C(C(=O)O)OC(=O)N1c1ccc(F)cc1. The van der Waals surface area contributed by atoms with Gasteiger partial charge in [0, 0.05) is 5.69 Å². The molecule has 1 saturated heterocycles. The van der Waals surface area contributed by atoms with Crippen LogP contribution in [0.5, 0.6) is 0 Å². The molecule has 5 nitrogen and oxygen atoms in total. The number of carbonyl (C=O) groups is 2. The number of benzene rings is 1. The summed E-state index contributed by atoms with van der Waals surface area (Å²) >= 11 is 0. The van der Waals surface area contributed by atoms with E-state index in [0.29, 0.717) is 5.69 Å². The third kappa shape index (κ3) is 1.93. The summed E-state index contributed by atoms with van der Waals surface area (Å²) in [5.41, 5.74) is 0.410. The molecule has 0 bridgehead atoms. The molecule has 1 aliphatic heterocycles. The van der Waals surface area contributed by atoms with Crippen LogP contribution < -0.4 is 4.90 Å². The molecule has 0 saturated carbocycles. The molecule has 2 unspecified atom stereocenters. The van der Waals surface area contributed by atoms with Gasteiger partial charge < -0.3 is 9.84 Å². The van der Waals surface area contributed by atoms with Crippen molar-refractivity contribution in [1.29, 1.82) is 0 Å². The molecule has 6 heteroatoms. The lowest BCUT2D eigenvalue weighted by Crippen LogP contribution is -2.37. The van der Waals surface area contributed by atoms with E-state index in [1.54, 1.807) is 6.92 Å². The molecule has 90 valence electrons. The number of carboxylic acid groups (broad SMARTS) is 1. The number of carbonyl (C=O) groups excluding carboxylic acids is 1. The summed E-state index contributed by atoms with van der Waals surface area (Å²) in [6.45, 7) is 1.56. The van der Waals surface area contributed by atoms with Crippen LogP contribution in [0.2, 0.25) is 0 Å². The normalized spacial score (nSPS) is 23.6. The van der Waals surface area contributed by atoms with Crippen molar-refractivity contribution in [2.75, 3.05) is 4.90 Å². The van der Waals surface area contributed by atoms with E-state index in [9.17, 15) is 14.0 Å². The van der Waals surface area contributed by atoms with E-state index in [4.69, 9.17) is 9.84 Å². The molecule has 17 heavy (non-hydrogen) atoms. The lowest BCUT2D eigenvalue weighted by Gasteiger charge is -2.19. The van der Waals surface area contributed by atoms with Gasteiger partial charge in [-0.05, 0) is 31.2 Å². The first-order chi connectivity index (χ1) is 8.00. The Morgan fingerprint density at radius 2 is 2.00 bits per heavy atom. The van der Waals surface area contributed by atoms with Crippen LogP contribution in [0, 0.1) is 5.82 Å². The summed E-state index contributed by atoms with van der Waals surface area (Å²) in [6.07, 6.45) is -1.94. The van der Waals surface area contributed by atoms with Crippen molar-refractivity contribution in [3.63, 3.8) is 0 Å². The average Bonchev–Trinajstić information content (AvgIpc) is 2.56. The summed E-state index contributed by atoms with van der Waals surface area (Å²) in [4.78, 5) is 23.5. The first kappa shape index (κ1) is 11.4. The third-order valence-electron chi connectivity index (χ3n) is 2.62. The summed E-state index contributed by atoms with van der Waals surface area (Å²) in [6, 6.07) is 4.56. The van der Waals surface area contributed by atoms with Crippen LogP contribution in [0.25, 0.3) is 0 Å². The number of aliphatic carboxylic acids is 1. The van der Waals surface area contributed by atoms with Gasteiger partial charge in [0.1, 0.15) is 5.82 Å². The van der Waals surface area contributed by atoms with Crippen molar-refractivity contribution in [2.45, 2.75) is 19.1 Å². The second kappa shape index (κ2) is 4.04. The molecule has 1 aromatic rings. The first-order valence-corrected chi connectivity index (χ1v) is 4.99. The lowest BCUT2D eigenvalue weighted by molar-refractivity contribution is -0.145. The van der Waals surface area contributed by atoms with Gasteiger partial charge in [-0.3, -0.25) is 4.90 Å². The Balaban J connectivity index is 2.30. The van der Waals surface area contributed by atoms with E-state index in [2.05, 4.69) is 0 Å². The van der Waals surface area contributed by atoms with Crippen molar-refractivity contribution in [3.8, 4) is 0 Å². The molecule has 0 radical (unpaired) electrons. The predicted molar refractivity (Wildman–Crippen MR) is 56.2 cm³/mol. The number of hydrogen-bond acceptors (Lipinski definition) is 3. The Morgan fingerprint density at radius 1 is 1.41 bits per heavy atom. The van der Waals surface area contributed by atoms with Gasteiger partial charge >= 0.3 is 12.1 Å². The quantitative estimate of drug-likeness (QED) is 0.851. The monoisotopic (exact) mass is 239 g/mol. The fourth-order valence-corrected chi connectivity index (χ4v) is 1.76. The van der Waals surface area contributed by atoms with E-state index < -0.39 is 30.0 Å². The lowest BCUT2D eigenvalue weighted by atomic mass is 10.1. The highest BCUT2D eigenvalue weighted by atomic mass is 19.1. The number of rotatable bonds is 2. The van der Waals surface area contributed by atoms with Gasteiger partial charge in [0.05, 0.1) is 6.04 Å². The summed E-state index contributed by atoms with van der Waals surface area (Å²) in [7, 11) is 0. The maximum Gasteiger partial charge on any atom is 0.415 e. The van der Waals surface area contributed by atoms with Crippen LogP contribution in [0.1, 0.15) is 6.92 Å². The highest BCUT2D eigenvalue weighted by molar-refractivity contribution is 5.94. The van der Waals surface area contributed by atoms with Gasteiger partial charge in [0.2, 0.25) is 6.10 Å². The summed E-state index contributed by atoms with van der Waals surface area (Å²) in [5.74, 6) is -1.63. The Hall–Kier alpha value is -2.11. The largest absolute Gasteiger partial charge is 0.478 e. The number of hydrogen-bond donors (Lipinski definition) is 1. The number of halogens is 1. The molecule has 1 fully saturated rings. The van der Waals surface area contributed by atoms with Crippen LogP contribution in [-0.2, 0) is 9.53 Å². The van der Waals surface area contributed by atoms with Gasteiger partial charge in [0.15, 0.2) is 0 Å². The second-order valence-corrected chi connectivity index (χ2v) is 3.73. The van der Waals surface area contributed by atoms with Gasteiger partial charge in [-0.25, -0.2) is 14.0 Å². The van der Waals surface area contributed by atoms with E-state index >= 15 is 0 Å². The van der Waals surface area contributed by atoms with Crippen molar-refractivity contribution >= 4 is 17.7 Å². The fourth-order valence-electron chi connectivity index (χ4n) is 1.76. The molecule has 2 rings (SSSR count). The molecule has 1 aliphatic rings. The van der Waals surface area contributed by atoms with Crippen LogP contribution in [0.15, 0.2) is 24.3 Å². The van der Waals surface area contributed by atoms with Gasteiger partial charge in [-0.1, -0.05) is 0 Å². The number of amides is 1. The Labute approximate surface area is 96.4 Å². The van der Waals surface area contributed by atoms with Gasteiger partial charge in [-0.15, -0.1) is 0 Å². The van der Waals surface area contributed by atoms with Crippen LogP contribution in [-0.4, -0.2) is 29.3 Å². The van der Waals surface area contributed by atoms with Crippen molar-refractivity contribution in [3.05, 3.63) is 30.1 Å². The number of anilines is 1. The predicted octanol–water partition coefficient (Wildman–Crippen LogP) is 1.62. The average molecular weight is 239 g/mol. The molecule has 0 aliphatic carbocycles. The highest BCUT2D eigenvalue weighted by Crippen LogP contribution is 2.27. The van der Waals surface area contributed by atoms with E-state index in [0.717, 1.165) is 0 Å². The smallest absolute Gasteiger partial charge is 0.415 e. The Morgan fingerprint density at radius 3 is 2.47 bits per heavy atom. The van der Waals surface area contributed by atoms with Crippen molar-refractivity contribution in [2.24, 2.45) is 0 Å². The number of cyclic esters (lactones) is 1. The zero-order valence-electron chi connectivity index (χ0n) is 8.96. The minimum Gasteiger partial charge on any atom is -0.478 e. The molecule has 1 N–H and O–H groups in total. The number of nitrogens with zero attached hydrogens (tertiary/aromatic N) is 1. The van der Waals surface area contributed by atoms with E-state index in [1.165, 1.54) is 29.2 Å². The van der Waals surface area contributed by atoms with E-state index in [1.807, 2.05) is 0 Å². The summed E-state index contributed by atoms with van der Waals surface area (Å²) < 4.78 is 17.5. The Kier molecular flexibility index (Phi) is 2.71. The fraction of sp³-hybridized carbons (Fsp3) is 0.273. The summed E-state index contributed by atoms with van der Waals surface area (Å²) in [5, 5.41) is 8.85. The maximum atomic E-state index is 12.7. The molecular formula is C11H10FNO4. The molecule has 0 aromatic heterocycles. The van der Waals surface area contributed by atoms with Gasteiger partial charge in [0.25, 0.3) is 0 Å². The van der Waals surface area contributed by atoms with Gasteiger partial charge in [-0.2, -0.15) is 0 Å². The Bertz CT molecular complexity index is 459. The van der Waals surface area contributed by atoms with Crippen LogP contribution >= 0.6 is 0 Å². The number of ether oxygens (including phenoxy) is 1.